The van der Waals surface area contributed by atoms with Gasteiger partial charge in [0.25, 0.3) is 0 Å². The molecule has 0 aliphatic rings. The van der Waals surface area contributed by atoms with Gasteiger partial charge in [0, 0.05) is 6.04 Å². The van der Waals surface area contributed by atoms with E-state index in [1.807, 2.05) is 6.92 Å². The molecule has 1 rings (SSSR count). The van der Waals surface area contributed by atoms with Gasteiger partial charge in [0.15, 0.2) is 0 Å². The zero-order chi connectivity index (χ0) is 15.4. The van der Waals surface area contributed by atoms with Crippen molar-refractivity contribution in [2.75, 3.05) is 6.54 Å². The van der Waals surface area contributed by atoms with Gasteiger partial charge >= 0.3 is 6.18 Å². The quantitative estimate of drug-likeness (QED) is 0.830. The van der Waals surface area contributed by atoms with E-state index in [0.717, 1.165) is 24.6 Å². The Morgan fingerprint density at radius 1 is 1.15 bits per heavy atom. The molecule has 0 aliphatic carbocycles. The van der Waals surface area contributed by atoms with E-state index in [2.05, 4.69) is 26.1 Å². The maximum Gasteiger partial charge on any atom is 0.416 e. The lowest BCUT2D eigenvalue weighted by Gasteiger charge is -2.31. The third-order valence-electron chi connectivity index (χ3n) is 3.47. The van der Waals surface area contributed by atoms with Crippen molar-refractivity contribution in [1.82, 2.24) is 5.32 Å². The van der Waals surface area contributed by atoms with Crippen molar-refractivity contribution in [2.24, 2.45) is 5.41 Å². The standard InChI is InChI=1S/C16H24F3N/c1-5-20-14(15(2,3)4)10-9-12-7-6-8-13(11-12)16(17,18)19/h6-8,11,14,20H,5,9-10H2,1-4H3. The van der Waals surface area contributed by atoms with E-state index in [-0.39, 0.29) is 5.41 Å². The molecule has 0 bridgehead atoms. The van der Waals surface area contributed by atoms with E-state index in [1.165, 1.54) is 12.1 Å². The fourth-order valence-electron chi connectivity index (χ4n) is 2.30. The third kappa shape index (κ3) is 5.16. The highest BCUT2D eigenvalue weighted by molar-refractivity contribution is 5.25. The Labute approximate surface area is 119 Å². The average Bonchev–Trinajstić information content (AvgIpc) is 2.32. The zero-order valence-corrected chi connectivity index (χ0v) is 12.6. The number of alkyl halides is 3. The summed E-state index contributed by atoms with van der Waals surface area (Å²) in [5, 5.41) is 3.42. The van der Waals surface area contributed by atoms with Gasteiger partial charge in [-0.1, -0.05) is 45.9 Å². The van der Waals surface area contributed by atoms with Gasteiger partial charge in [-0.3, -0.25) is 0 Å². The first-order valence-electron chi connectivity index (χ1n) is 7.04. The van der Waals surface area contributed by atoms with Crippen molar-refractivity contribution < 1.29 is 13.2 Å². The molecule has 0 aliphatic heterocycles. The van der Waals surface area contributed by atoms with Gasteiger partial charge in [0.1, 0.15) is 0 Å². The smallest absolute Gasteiger partial charge is 0.314 e. The Morgan fingerprint density at radius 3 is 2.30 bits per heavy atom. The van der Waals surface area contributed by atoms with Gasteiger partial charge in [-0.05, 0) is 36.4 Å². The van der Waals surface area contributed by atoms with Crippen LogP contribution in [0.5, 0.6) is 0 Å². The number of aryl methyl sites for hydroxylation is 1. The van der Waals surface area contributed by atoms with E-state index < -0.39 is 11.7 Å². The summed E-state index contributed by atoms with van der Waals surface area (Å²) < 4.78 is 38.0. The number of rotatable bonds is 5. The topological polar surface area (TPSA) is 12.0 Å². The largest absolute Gasteiger partial charge is 0.416 e. The van der Waals surface area contributed by atoms with Crippen molar-refractivity contribution in [2.45, 2.75) is 52.8 Å². The maximum atomic E-state index is 12.7. The maximum absolute atomic E-state index is 12.7. The van der Waals surface area contributed by atoms with Crippen LogP contribution in [0, 0.1) is 5.41 Å². The molecule has 0 heterocycles. The second-order valence-electron chi connectivity index (χ2n) is 6.21. The molecule has 0 aromatic heterocycles. The molecule has 1 aromatic carbocycles. The number of nitrogens with one attached hydrogen (secondary N) is 1. The molecule has 0 fully saturated rings. The van der Waals surface area contributed by atoms with Crippen LogP contribution in [-0.2, 0) is 12.6 Å². The molecule has 0 saturated heterocycles. The highest BCUT2D eigenvalue weighted by Gasteiger charge is 2.30. The first kappa shape index (κ1) is 17.0. The molecule has 1 aromatic rings. The second-order valence-corrected chi connectivity index (χ2v) is 6.21. The fourth-order valence-corrected chi connectivity index (χ4v) is 2.30. The SMILES string of the molecule is CCNC(CCc1cccc(C(F)(F)F)c1)C(C)(C)C. The summed E-state index contributed by atoms with van der Waals surface area (Å²) in [6.07, 6.45) is -2.78. The first-order valence-corrected chi connectivity index (χ1v) is 7.04. The number of benzene rings is 1. The lowest BCUT2D eigenvalue weighted by molar-refractivity contribution is -0.137. The van der Waals surface area contributed by atoms with Crippen LogP contribution in [-0.4, -0.2) is 12.6 Å². The van der Waals surface area contributed by atoms with Gasteiger partial charge in [-0.2, -0.15) is 13.2 Å². The molecule has 0 amide bonds. The van der Waals surface area contributed by atoms with E-state index >= 15 is 0 Å². The predicted octanol–water partition coefficient (Wildman–Crippen LogP) is 4.66. The van der Waals surface area contributed by atoms with Crippen molar-refractivity contribution in [3.8, 4) is 0 Å². The van der Waals surface area contributed by atoms with Crippen LogP contribution in [0.15, 0.2) is 24.3 Å². The minimum atomic E-state index is -4.26. The molecule has 20 heavy (non-hydrogen) atoms. The lowest BCUT2D eigenvalue weighted by atomic mass is 9.83. The Bertz CT molecular complexity index is 418. The highest BCUT2D eigenvalue weighted by atomic mass is 19.4. The fraction of sp³-hybridized carbons (Fsp3) is 0.625. The molecular formula is C16H24F3N. The number of hydrogen-bond acceptors (Lipinski definition) is 1. The van der Waals surface area contributed by atoms with Crippen LogP contribution in [0.3, 0.4) is 0 Å². The molecule has 114 valence electrons. The zero-order valence-electron chi connectivity index (χ0n) is 12.6. The van der Waals surface area contributed by atoms with Crippen LogP contribution in [0.4, 0.5) is 13.2 Å². The monoisotopic (exact) mass is 287 g/mol. The third-order valence-corrected chi connectivity index (χ3v) is 3.47. The van der Waals surface area contributed by atoms with Crippen LogP contribution < -0.4 is 5.32 Å². The minimum absolute atomic E-state index is 0.0949. The van der Waals surface area contributed by atoms with Gasteiger partial charge in [-0.15, -0.1) is 0 Å². The van der Waals surface area contributed by atoms with Gasteiger partial charge in [0.05, 0.1) is 5.56 Å². The predicted molar refractivity (Wildman–Crippen MR) is 76.7 cm³/mol. The summed E-state index contributed by atoms with van der Waals surface area (Å²) in [4.78, 5) is 0. The van der Waals surface area contributed by atoms with Crippen molar-refractivity contribution >= 4 is 0 Å². The lowest BCUT2D eigenvalue weighted by Crippen LogP contribution is -2.40. The molecule has 0 saturated carbocycles. The molecule has 1 atom stereocenters. The molecule has 4 heteroatoms. The van der Waals surface area contributed by atoms with Gasteiger partial charge < -0.3 is 5.32 Å². The van der Waals surface area contributed by atoms with E-state index in [0.29, 0.717) is 12.5 Å². The summed E-state index contributed by atoms with van der Waals surface area (Å²) in [5.74, 6) is 0. The second kappa shape index (κ2) is 6.61. The van der Waals surface area contributed by atoms with Gasteiger partial charge in [-0.25, -0.2) is 0 Å². The van der Waals surface area contributed by atoms with Crippen LogP contribution in [0.1, 0.15) is 45.2 Å². The Hall–Kier alpha value is -1.03. The number of halogens is 3. The normalized spacial score (nSPS) is 14.3. The van der Waals surface area contributed by atoms with Crippen LogP contribution in [0.2, 0.25) is 0 Å². The van der Waals surface area contributed by atoms with Crippen LogP contribution in [0.25, 0.3) is 0 Å². The van der Waals surface area contributed by atoms with Gasteiger partial charge in [0.2, 0.25) is 0 Å². The molecular weight excluding hydrogens is 263 g/mol. The number of hydrogen-bond donors (Lipinski definition) is 1. The molecule has 1 nitrogen and oxygen atoms in total. The van der Waals surface area contributed by atoms with E-state index in [1.54, 1.807) is 6.07 Å². The molecule has 1 unspecified atom stereocenters. The van der Waals surface area contributed by atoms with Crippen LogP contribution >= 0.6 is 0 Å². The summed E-state index contributed by atoms with van der Waals surface area (Å²) in [6, 6.07) is 5.92. The van der Waals surface area contributed by atoms with E-state index in [9.17, 15) is 13.2 Å². The van der Waals surface area contributed by atoms with Crippen molar-refractivity contribution in [1.29, 1.82) is 0 Å². The highest BCUT2D eigenvalue weighted by Crippen LogP contribution is 2.30. The molecule has 0 radical (unpaired) electrons. The summed E-state index contributed by atoms with van der Waals surface area (Å²) in [6.45, 7) is 9.35. The molecule has 1 N–H and O–H groups in total. The van der Waals surface area contributed by atoms with E-state index in [4.69, 9.17) is 0 Å². The van der Waals surface area contributed by atoms with Crippen molar-refractivity contribution in [3.63, 3.8) is 0 Å². The summed E-state index contributed by atoms with van der Waals surface area (Å²) >= 11 is 0. The Balaban J connectivity index is 2.74. The molecule has 0 spiro atoms. The average molecular weight is 287 g/mol. The van der Waals surface area contributed by atoms with Crippen molar-refractivity contribution in [3.05, 3.63) is 35.4 Å². The summed E-state index contributed by atoms with van der Waals surface area (Å²) in [7, 11) is 0. The summed E-state index contributed by atoms with van der Waals surface area (Å²) in [5.41, 5.74) is 0.273. The Kier molecular flexibility index (Phi) is 5.63. The first-order chi connectivity index (χ1) is 9.14. The minimum Gasteiger partial charge on any atom is -0.314 e. The Morgan fingerprint density at radius 2 is 1.80 bits per heavy atom.